The molecule has 0 fully saturated rings. The maximum absolute atomic E-state index is 13.4. The minimum atomic E-state index is -0.870. The first-order valence-electron chi connectivity index (χ1n) is 11.1. The van der Waals surface area contributed by atoms with E-state index in [1.54, 1.807) is 12.1 Å². The molecule has 0 aliphatic heterocycles. The van der Waals surface area contributed by atoms with E-state index < -0.39 is 29.3 Å². The van der Waals surface area contributed by atoms with Crippen LogP contribution in [0.25, 0.3) is 0 Å². The van der Waals surface area contributed by atoms with Gasteiger partial charge in [-0.05, 0) is 29.3 Å². The summed E-state index contributed by atoms with van der Waals surface area (Å²) in [6.07, 6.45) is 0.249. The highest BCUT2D eigenvalue weighted by Gasteiger charge is 2.30. The summed E-state index contributed by atoms with van der Waals surface area (Å²) in [7, 11) is 2.78. The first-order valence-corrected chi connectivity index (χ1v) is 11.1. The minimum absolute atomic E-state index is 0.0135. The molecular formula is C26H26FN3O6. The monoisotopic (exact) mass is 495 g/mol. The number of nitrogens with zero attached hydrogens (tertiary/aromatic N) is 2. The fourth-order valence-corrected chi connectivity index (χ4v) is 3.63. The number of carbonyl (C=O) groups excluding carboxylic acids is 2. The molecule has 0 aromatic heterocycles. The number of hydrogen-bond donors (Lipinski definition) is 1. The maximum atomic E-state index is 13.4. The third-order valence-electron chi connectivity index (χ3n) is 5.49. The fourth-order valence-electron chi connectivity index (χ4n) is 3.63. The average molecular weight is 496 g/mol. The number of nitro benzene ring substituents is 1. The average Bonchev–Trinajstić information content (AvgIpc) is 2.90. The number of rotatable bonds is 11. The second-order valence-corrected chi connectivity index (χ2v) is 7.85. The molecule has 2 amide bonds. The summed E-state index contributed by atoms with van der Waals surface area (Å²) in [5.74, 6) is -1.11. The van der Waals surface area contributed by atoms with Crippen LogP contribution in [-0.4, -0.2) is 48.4 Å². The van der Waals surface area contributed by atoms with Crippen molar-refractivity contribution >= 4 is 17.5 Å². The Kier molecular flexibility index (Phi) is 8.93. The lowest BCUT2D eigenvalue weighted by atomic mass is 10.0. The number of amides is 2. The van der Waals surface area contributed by atoms with E-state index in [0.717, 1.165) is 5.56 Å². The number of likely N-dealkylation sites (N-methyl/N-ethyl adjacent to an activating group) is 1. The maximum Gasteiger partial charge on any atom is 0.311 e. The van der Waals surface area contributed by atoms with Gasteiger partial charge in [0, 0.05) is 32.1 Å². The number of hydrogen-bond acceptors (Lipinski definition) is 6. The molecule has 3 aromatic rings. The number of carbonyl (C=O) groups is 2. The molecule has 0 heterocycles. The van der Waals surface area contributed by atoms with Gasteiger partial charge >= 0.3 is 5.69 Å². The number of halogens is 1. The van der Waals surface area contributed by atoms with Crippen LogP contribution >= 0.6 is 0 Å². The van der Waals surface area contributed by atoms with Gasteiger partial charge in [-0.25, -0.2) is 4.39 Å². The molecule has 9 nitrogen and oxygen atoms in total. The topological polar surface area (TPSA) is 111 Å². The number of benzene rings is 3. The zero-order chi connectivity index (χ0) is 26.1. The summed E-state index contributed by atoms with van der Waals surface area (Å²) >= 11 is 0. The molecule has 1 N–H and O–H groups in total. The Bertz CT molecular complexity index is 1200. The second kappa shape index (κ2) is 12.3. The lowest BCUT2D eigenvalue weighted by Gasteiger charge is -2.31. The van der Waals surface area contributed by atoms with Gasteiger partial charge in [-0.15, -0.1) is 0 Å². The molecule has 0 spiro atoms. The molecule has 0 saturated heterocycles. The van der Waals surface area contributed by atoms with Crippen molar-refractivity contribution in [2.24, 2.45) is 0 Å². The molecule has 0 saturated carbocycles. The zero-order valence-electron chi connectivity index (χ0n) is 19.8. The Labute approximate surface area is 207 Å². The van der Waals surface area contributed by atoms with Crippen molar-refractivity contribution < 1.29 is 28.4 Å². The van der Waals surface area contributed by atoms with Gasteiger partial charge in [0.25, 0.3) is 5.91 Å². The number of methoxy groups -OCH3 is 1. The largest absolute Gasteiger partial charge is 0.490 e. The predicted molar refractivity (Wildman–Crippen MR) is 130 cm³/mol. The van der Waals surface area contributed by atoms with Crippen LogP contribution in [0.4, 0.5) is 10.1 Å². The molecule has 0 aliphatic carbocycles. The molecule has 3 aromatic carbocycles. The van der Waals surface area contributed by atoms with Crippen molar-refractivity contribution in [2.45, 2.75) is 19.0 Å². The molecule has 1 atom stereocenters. The van der Waals surface area contributed by atoms with Crippen LogP contribution in [0, 0.1) is 15.9 Å². The van der Waals surface area contributed by atoms with Crippen molar-refractivity contribution in [3.63, 3.8) is 0 Å². The van der Waals surface area contributed by atoms with E-state index >= 15 is 0 Å². The Morgan fingerprint density at radius 2 is 1.75 bits per heavy atom. The molecule has 0 unspecified atom stereocenters. The molecule has 0 radical (unpaired) electrons. The van der Waals surface area contributed by atoms with Gasteiger partial charge in [0.05, 0.1) is 12.0 Å². The summed E-state index contributed by atoms with van der Waals surface area (Å²) in [5, 5.41) is 13.7. The SMILES string of the molecule is CNC(=O)[C@@H](Cc1ccccc1)N(Cc1ccc(F)cc1)C(=O)COc1ccc([N+](=O)[O-])c(OC)c1. The fraction of sp³-hybridized carbons (Fsp3) is 0.231. The highest BCUT2D eigenvalue weighted by Crippen LogP contribution is 2.30. The third-order valence-corrected chi connectivity index (χ3v) is 5.49. The van der Waals surface area contributed by atoms with Crippen LogP contribution in [0.5, 0.6) is 11.5 Å². The summed E-state index contributed by atoms with van der Waals surface area (Å²) in [6.45, 7) is -0.401. The van der Waals surface area contributed by atoms with Crippen LogP contribution in [0.2, 0.25) is 0 Å². The Balaban J connectivity index is 1.87. The van der Waals surface area contributed by atoms with E-state index in [4.69, 9.17) is 9.47 Å². The number of ether oxygens (including phenoxy) is 2. The molecule has 36 heavy (non-hydrogen) atoms. The molecule has 3 rings (SSSR count). The van der Waals surface area contributed by atoms with Gasteiger partial charge in [0.2, 0.25) is 11.7 Å². The quantitative estimate of drug-likeness (QED) is 0.322. The summed E-state index contributed by atoms with van der Waals surface area (Å²) in [6, 6.07) is 17.9. The molecule has 188 valence electrons. The Hall–Kier alpha value is -4.47. The van der Waals surface area contributed by atoms with Gasteiger partial charge in [-0.2, -0.15) is 0 Å². The van der Waals surface area contributed by atoms with E-state index in [1.807, 2.05) is 30.3 Å². The van der Waals surface area contributed by atoms with Gasteiger partial charge in [-0.1, -0.05) is 42.5 Å². The van der Waals surface area contributed by atoms with Crippen LogP contribution in [0.3, 0.4) is 0 Å². The Morgan fingerprint density at radius 1 is 1.06 bits per heavy atom. The predicted octanol–water partition coefficient (Wildman–Crippen LogP) is 3.51. The van der Waals surface area contributed by atoms with Gasteiger partial charge in [0.1, 0.15) is 17.6 Å². The summed E-state index contributed by atoms with van der Waals surface area (Å²) in [4.78, 5) is 38.2. The van der Waals surface area contributed by atoms with Crippen molar-refractivity contribution in [3.8, 4) is 11.5 Å². The first-order chi connectivity index (χ1) is 17.3. The van der Waals surface area contributed by atoms with E-state index in [9.17, 15) is 24.1 Å². The van der Waals surface area contributed by atoms with Gasteiger partial charge < -0.3 is 19.7 Å². The highest BCUT2D eigenvalue weighted by atomic mass is 19.1. The summed E-state index contributed by atoms with van der Waals surface area (Å²) < 4.78 is 24.1. The van der Waals surface area contributed by atoms with E-state index in [1.165, 1.54) is 49.4 Å². The normalized spacial score (nSPS) is 11.3. The van der Waals surface area contributed by atoms with Crippen LogP contribution in [0.1, 0.15) is 11.1 Å². The van der Waals surface area contributed by atoms with Crippen molar-refractivity contribution in [2.75, 3.05) is 20.8 Å². The second-order valence-electron chi connectivity index (χ2n) is 7.85. The van der Waals surface area contributed by atoms with Crippen molar-refractivity contribution in [1.29, 1.82) is 0 Å². The minimum Gasteiger partial charge on any atom is -0.490 e. The third kappa shape index (κ3) is 6.78. The van der Waals surface area contributed by atoms with Crippen molar-refractivity contribution in [3.05, 3.63) is 99.9 Å². The molecule has 0 aliphatic rings. The smallest absolute Gasteiger partial charge is 0.311 e. The molecule has 0 bridgehead atoms. The lowest BCUT2D eigenvalue weighted by molar-refractivity contribution is -0.385. The summed E-state index contributed by atoms with van der Waals surface area (Å²) in [5.41, 5.74) is 1.24. The number of nitrogens with one attached hydrogen (secondary N) is 1. The first kappa shape index (κ1) is 26.1. The van der Waals surface area contributed by atoms with Gasteiger partial charge in [0.15, 0.2) is 6.61 Å². The number of nitro groups is 1. The van der Waals surface area contributed by atoms with Crippen molar-refractivity contribution in [1.82, 2.24) is 10.2 Å². The standard InChI is InChI=1S/C26H26FN3O6/c1-28-26(32)23(14-18-6-4-3-5-7-18)29(16-19-8-10-20(27)11-9-19)25(31)17-36-21-12-13-22(30(33)34)24(15-21)35-2/h3-13,15,23H,14,16-17H2,1-2H3,(H,28,32)/t23-/m1/s1. The Morgan fingerprint density at radius 3 is 2.36 bits per heavy atom. The molecular weight excluding hydrogens is 469 g/mol. The van der Waals surface area contributed by atoms with E-state index in [2.05, 4.69) is 5.32 Å². The van der Waals surface area contributed by atoms with Crippen LogP contribution in [-0.2, 0) is 22.6 Å². The lowest BCUT2D eigenvalue weighted by Crippen LogP contribution is -2.51. The van der Waals surface area contributed by atoms with Crippen LogP contribution < -0.4 is 14.8 Å². The highest BCUT2D eigenvalue weighted by molar-refractivity contribution is 5.88. The van der Waals surface area contributed by atoms with E-state index in [0.29, 0.717) is 5.56 Å². The zero-order valence-corrected chi connectivity index (χ0v) is 19.8. The van der Waals surface area contributed by atoms with Crippen LogP contribution in [0.15, 0.2) is 72.8 Å². The van der Waals surface area contributed by atoms with E-state index in [-0.39, 0.29) is 36.1 Å². The molecule has 10 heteroatoms. The van der Waals surface area contributed by atoms with Gasteiger partial charge in [-0.3, -0.25) is 19.7 Å².